The van der Waals surface area contributed by atoms with Gasteiger partial charge in [0.05, 0.1) is 16.8 Å². The number of hydrogen-bond donors (Lipinski definition) is 3. The van der Waals surface area contributed by atoms with Crippen LogP contribution in [0.1, 0.15) is 27.9 Å². The Balaban J connectivity index is 1.80. The summed E-state index contributed by atoms with van der Waals surface area (Å²) in [7, 11) is 0. The summed E-state index contributed by atoms with van der Waals surface area (Å²) in [5.74, 6) is -2.15. The Kier molecular flexibility index (Phi) is 7.35. The van der Waals surface area contributed by atoms with Crippen molar-refractivity contribution in [3.63, 3.8) is 0 Å². The molecule has 0 aliphatic rings. The smallest absolute Gasteiger partial charge is 0.321 e. The van der Waals surface area contributed by atoms with Crippen LogP contribution in [0.3, 0.4) is 0 Å². The molecule has 3 N–H and O–H groups in total. The van der Waals surface area contributed by atoms with Gasteiger partial charge in [0.25, 0.3) is 12.3 Å². The van der Waals surface area contributed by atoms with E-state index in [2.05, 4.69) is 10.6 Å². The van der Waals surface area contributed by atoms with Crippen LogP contribution in [0.5, 0.6) is 0 Å². The minimum Gasteiger partial charge on any atom is -0.321 e. The van der Waals surface area contributed by atoms with Crippen LogP contribution in [-0.2, 0) is 6.18 Å². The molecular weight excluding hydrogens is 488 g/mol. The van der Waals surface area contributed by atoms with Gasteiger partial charge in [-0.3, -0.25) is 4.79 Å². The van der Waals surface area contributed by atoms with Gasteiger partial charge >= 0.3 is 12.2 Å². The molecule has 3 aromatic rings. The number of anilines is 3. The van der Waals surface area contributed by atoms with Crippen molar-refractivity contribution in [3.8, 4) is 0 Å². The van der Waals surface area contributed by atoms with Crippen LogP contribution in [0.25, 0.3) is 0 Å². The number of hydrogen-bond acceptors (Lipinski definition) is 2. The maximum Gasteiger partial charge on any atom is 0.418 e. The molecule has 3 aromatic carbocycles. The molecule has 0 aromatic heterocycles. The largest absolute Gasteiger partial charge is 0.418 e. The van der Waals surface area contributed by atoms with Crippen LogP contribution in [-0.4, -0.2) is 11.9 Å². The van der Waals surface area contributed by atoms with Crippen LogP contribution in [0.15, 0.2) is 60.7 Å². The second kappa shape index (κ2) is 10.0. The molecule has 0 fully saturated rings. The Bertz CT molecular complexity index is 1230. The lowest BCUT2D eigenvalue weighted by Gasteiger charge is -2.16. The fourth-order valence-corrected chi connectivity index (χ4v) is 3.04. The lowest BCUT2D eigenvalue weighted by molar-refractivity contribution is -0.136. The number of benzene rings is 3. The quantitative estimate of drug-likeness (QED) is 0.320. The number of carbonyl (C=O) groups is 2. The van der Waals surface area contributed by atoms with E-state index >= 15 is 0 Å². The molecule has 34 heavy (non-hydrogen) atoms. The summed E-state index contributed by atoms with van der Waals surface area (Å²) in [6.45, 7) is 0. The third-order valence-corrected chi connectivity index (χ3v) is 4.64. The first-order valence-electron chi connectivity index (χ1n) is 9.38. The molecular formula is C22H14ClF6N3O2. The number of amides is 3. The normalized spacial score (nSPS) is 11.3. The number of nitrogens with one attached hydrogen (secondary N) is 3. The van der Waals surface area contributed by atoms with Gasteiger partial charge in [-0.1, -0.05) is 23.7 Å². The molecule has 178 valence electrons. The molecule has 0 saturated carbocycles. The number of rotatable bonds is 5. The molecule has 0 aliphatic carbocycles. The Morgan fingerprint density at radius 2 is 1.53 bits per heavy atom. The predicted octanol–water partition coefficient (Wildman–Crippen LogP) is 7.33. The Morgan fingerprint density at radius 3 is 2.18 bits per heavy atom. The summed E-state index contributed by atoms with van der Waals surface area (Å²) in [4.78, 5) is 24.4. The molecule has 0 unspecified atom stereocenters. The lowest BCUT2D eigenvalue weighted by atomic mass is 10.1. The Labute approximate surface area is 193 Å². The number of alkyl halides is 5. The van der Waals surface area contributed by atoms with Crippen molar-refractivity contribution in [2.45, 2.75) is 12.6 Å². The molecule has 3 rings (SSSR count). The van der Waals surface area contributed by atoms with Crippen molar-refractivity contribution in [3.05, 3.63) is 88.2 Å². The first-order chi connectivity index (χ1) is 15.9. The Hall–Kier alpha value is -3.73. The van der Waals surface area contributed by atoms with Gasteiger partial charge in [-0.15, -0.1) is 0 Å². The highest BCUT2D eigenvalue weighted by atomic mass is 35.5. The molecule has 0 saturated heterocycles. The zero-order valence-corrected chi connectivity index (χ0v) is 17.6. The monoisotopic (exact) mass is 501 g/mol. The summed E-state index contributed by atoms with van der Waals surface area (Å²) < 4.78 is 80.2. The van der Waals surface area contributed by atoms with Crippen molar-refractivity contribution in [2.75, 3.05) is 16.0 Å². The van der Waals surface area contributed by atoms with Gasteiger partial charge in [0.1, 0.15) is 5.82 Å². The Morgan fingerprint density at radius 1 is 0.853 bits per heavy atom. The highest BCUT2D eigenvalue weighted by Crippen LogP contribution is 2.37. The van der Waals surface area contributed by atoms with Crippen molar-refractivity contribution < 1.29 is 35.9 Å². The van der Waals surface area contributed by atoms with E-state index in [9.17, 15) is 35.9 Å². The second-order valence-corrected chi connectivity index (χ2v) is 7.28. The van der Waals surface area contributed by atoms with Crippen LogP contribution in [0.4, 0.5) is 48.2 Å². The molecule has 0 spiro atoms. The molecule has 5 nitrogen and oxygen atoms in total. The van der Waals surface area contributed by atoms with E-state index in [0.29, 0.717) is 6.07 Å². The first-order valence-corrected chi connectivity index (χ1v) is 9.75. The van der Waals surface area contributed by atoms with Gasteiger partial charge in [-0.05, 0) is 48.5 Å². The van der Waals surface area contributed by atoms with Crippen molar-refractivity contribution >= 4 is 40.6 Å². The van der Waals surface area contributed by atoms with Crippen LogP contribution in [0.2, 0.25) is 5.02 Å². The van der Waals surface area contributed by atoms with Gasteiger partial charge in [-0.2, -0.15) is 13.2 Å². The summed E-state index contributed by atoms with van der Waals surface area (Å²) in [5, 5.41) is 6.38. The number of urea groups is 1. The minimum absolute atomic E-state index is 0.00113. The van der Waals surface area contributed by atoms with Gasteiger partial charge in [0.2, 0.25) is 0 Å². The highest BCUT2D eigenvalue weighted by Gasteiger charge is 2.34. The summed E-state index contributed by atoms with van der Waals surface area (Å²) in [6.07, 6.45) is -7.72. The molecule has 0 radical (unpaired) electrons. The van der Waals surface area contributed by atoms with Crippen molar-refractivity contribution in [1.29, 1.82) is 0 Å². The van der Waals surface area contributed by atoms with E-state index in [0.717, 1.165) is 36.4 Å². The average molecular weight is 502 g/mol. The fraction of sp³-hybridized carbons (Fsp3) is 0.0909. The van der Waals surface area contributed by atoms with E-state index in [4.69, 9.17) is 11.6 Å². The van der Waals surface area contributed by atoms with Gasteiger partial charge in [0, 0.05) is 22.0 Å². The highest BCUT2D eigenvalue weighted by molar-refractivity contribution is 6.31. The summed E-state index contributed by atoms with van der Waals surface area (Å²) >= 11 is 5.71. The van der Waals surface area contributed by atoms with E-state index < -0.39 is 47.2 Å². The molecule has 3 amide bonds. The maximum absolute atomic E-state index is 13.9. The predicted molar refractivity (Wildman–Crippen MR) is 115 cm³/mol. The van der Waals surface area contributed by atoms with Gasteiger partial charge < -0.3 is 16.0 Å². The fourth-order valence-electron chi connectivity index (χ4n) is 2.87. The van der Waals surface area contributed by atoms with Crippen LogP contribution in [0, 0.1) is 5.82 Å². The maximum atomic E-state index is 13.9. The number of carbonyl (C=O) groups excluding carboxylic acids is 2. The van der Waals surface area contributed by atoms with E-state index in [1.807, 2.05) is 5.32 Å². The van der Waals surface area contributed by atoms with E-state index in [-0.39, 0.29) is 22.0 Å². The molecule has 0 bridgehead atoms. The minimum atomic E-state index is -4.95. The molecule has 0 aliphatic heterocycles. The SMILES string of the molecule is O=C(Nc1cccc(C(F)F)c1)Nc1ccc(NC(=O)c2cc(Cl)ccc2F)c(C(F)(F)F)c1. The summed E-state index contributed by atoms with van der Waals surface area (Å²) in [6, 6.07) is 9.28. The summed E-state index contributed by atoms with van der Waals surface area (Å²) in [5.41, 5.74) is -3.23. The zero-order valence-electron chi connectivity index (χ0n) is 16.8. The van der Waals surface area contributed by atoms with Crippen molar-refractivity contribution in [2.24, 2.45) is 0 Å². The van der Waals surface area contributed by atoms with Crippen LogP contribution < -0.4 is 16.0 Å². The zero-order chi connectivity index (χ0) is 25.0. The van der Waals surface area contributed by atoms with Gasteiger partial charge in [0.15, 0.2) is 0 Å². The van der Waals surface area contributed by atoms with E-state index in [1.165, 1.54) is 18.2 Å². The molecule has 0 heterocycles. The van der Waals surface area contributed by atoms with Crippen molar-refractivity contribution in [1.82, 2.24) is 0 Å². The van der Waals surface area contributed by atoms with Crippen LogP contribution >= 0.6 is 11.6 Å². The topological polar surface area (TPSA) is 70.2 Å². The standard InChI is InChI=1S/C22H14ClF6N3O2/c23-12-4-6-17(24)15(9-12)20(33)32-18-7-5-14(10-16(18)22(27,28)29)31-21(34)30-13-3-1-2-11(8-13)19(25)26/h1-10,19H,(H,32,33)(H2,30,31,34). The van der Waals surface area contributed by atoms with Gasteiger partial charge in [-0.25, -0.2) is 18.0 Å². The molecule has 0 atom stereocenters. The average Bonchev–Trinajstić information content (AvgIpc) is 2.75. The first kappa shape index (κ1) is 24.9. The van der Waals surface area contributed by atoms with E-state index in [1.54, 1.807) is 0 Å². The lowest BCUT2D eigenvalue weighted by Crippen LogP contribution is -2.21. The third kappa shape index (κ3) is 6.19. The second-order valence-electron chi connectivity index (χ2n) is 6.84. The number of halogens is 7. The third-order valence-electron chi connectivity index (χ3n) is 4.40. The molecule has 12 heteroatoms.